The van der Waals surface area contributed by atoms with Gasteiger partial charge in [-0.1, -0.05) is 24.3 Å². The first kappa shape index (κ1) is 17.6. The Morgan fingerprint density at radius 1 is 1.04 bits per heavy atom. The second-order valence-corrected chi connectivity index (χ2v) is 5.91. The summed E-state index contributed by atoms with van der Waals surface area (Å²) in [5, 5.41) is 8.90. The van der Waals surface area contributed by atoms with E-state index in [0.29, 0.717) is 13.0 Å². The lowest BCUT2D eigenvalue weighted by Crippen LogP contribution is -2.39. The number of hydrogen-bond acceptors (Lipinski definition) is 3. The van der Waals surface area contributed by atoms with Crippen LogP contribution >= 0.6 is 0 Å². The highest BCUT2D eigenvalue weighted by Crippen LogP contribution is 2.20. The molecule has 24 heavy (non-hydrogen) atoms. The smallest absolute Gasteiger partial charge is 0.246 e. The molecule has 0 saturated carbocycles. The molecule has 0 unspecified atom stereocenters. The molecule has 4 nitrogen and oxygen atoms in total. The van der Waals surface area contributed by atoms with Crippen LogP contribution in [0.15, 0.2) is 48.5 Å². The van der Waals surface area contributed by atoms with E-state index >= 15 is 0 Å². The van der Waals surface area contributed by atoms with Gasteiger partial charge in [-0.15, -0.1) is 0 Å². The van der Waals surface area contributed by atoms with Gasteiger partial charge in [0.1, 0.15) is 0 Å². The largest absolute Gasteiger partial charge is 0.365 e. The molecule has 0 heterocycles. The van der Waals surface area contributed by atoms with Gasteiger partial charge in [0.25, 0.3) is 0 Å². The minimum Gasteiger partial charge on any atom is -0.365 e. The van der Waals surface area contributed by atoms with Crippen LogP contribution in [0.5, 0.6) is 0 Å². The number of anilines is 2. The normalized spacial score (nSPS) is 10.1. The highest BCUT2D eigenvalue weighted by Gasteiger charge is 2.18. The minimum absolute atomic E-state index is 0.0140. The van der Waals surface area contributed by atoms with Gasteiger partial charge in [-0.05, 0) is 49.2 Å². The van der Waals surface area contributed by atoms with E-state index in [0.717, 1.165) is 16.9 Å². The van der Waals surface area contributed by atoms with Gasteiger partial charge in [0.2, 0.25) is 5.91 Å². The maximum Gasteiger partial charge on any atom is 0.246 e. The molecule has 0 fully saturated rings. The van der Waals surface area contributed by atoms with Crippen molar-refractivity contribution < 1.29 is 4.79 Å². The summed E-state index contributed by atoms with van der Waals surface area (Å²) in [6, 6.07) is 17.9. The van der Waals surface area contributed by atoms with E-state index in [1.54, 1.807) is 4.90 Å². The summed E-state index contributed by atoms with van der Waals surface area (Å²) in [5.74, 6) is -0.0140. The van der Waals surface area contributed by atoms with Gasteiger partial charge in [0.05, 0.1) is 19.0 Å². The van der Waals surface area contributed by atoms with Crippen molar-refractivity contribution in [3.63, 3.8) is 0 Å². The van der Waals surface area contributed by atoms with Gasteiger partial charge in [-0.2, -0.15) is 5.26 Å². The molecule has 124 valence electrons. The lowest BCUT2D eigenvalue weighted by Gasteiger charge is -2.26. The molecule has 2 aromatic carbocycles. The Bertz CT molecular complexity index is 734. The number of nitriles is 1. The number of likely N-dealkylation sites (N-methyl/N-ethyl adjacent to an activating group) is 1. The Hall–Kier alpha value is -2.80. The molecule has 0 saturated heterocycles. The van der Waals surface area contributed by atoms with Gasteiger partial charge in [-0.3, -0.25) is 4.79 Å². The van der Waals surface area contributed by atoms with Gasteiger partial charge in [0, 0.05) is 25.0 Å². The van der Waals surface area contributed by atoms with E-state index in [4.69, 9.17) is 5.26 Å². The first-order chi connectivity index (χ1) is 11.5. The molecule has 0 atom stereocenters. The average Bonchev–Trinajstić information content (AvgIpc) is 2.59. The second kappa shape index (κ2) is 8.16. The molecule has 2 rings (SSSR count). The number of rotatable bonds is 6. The van der Waals surface area contributed by atoms with Crippen molar-refractivity contribution in [2.45, 2.75) is 20.3 Å². The summed E-state index contributed by atoms with van der Waals surface area (Å²) in [6.07, 6.45) is 0.313. The molecule has 4 heteroatoms. The Morgan fingerprint density at radius 2 is 1.75 bits per heavy atom. The Morgan fingerprint density at radius 3 is 2.38 bits per heavy atom. The first-order valence-electron chi connectivity index (χ1n) is 8.03. The van der Waals surface area contributed by atoms with E-state index in [1.165, 1.54) is 5.56 Å². The van der Waals surface area contributed by atoms with Gasteiger partial charge < -0.3 is 9.80 Å². The molecule has 0 radical (unpaired) electrons. The van der Waals surface area contributed by atoms with Crippen molar-refractivity contribution in [3.8, 4) is 6.07 Å². The molecule has 2 aromatic rings. The van der Waals surface area contributed by atoms with Gasteiger partial charge in [-0.25, -0.2) is 0 Å². The lowest BCUT2D eigenvalue weighted by molar-refractivity contribution is -0.117. The molecule has 1 amide bonds. The zero-order valence-corrected chi connectivity index (χ0v) is 14.5. The van der Waals surface area contributed by atoms with Crippen LogP contribution in [-0.4, -0.2) is 26.0 Å². The molecule has 0 aliphatic heterocycles. The summed E-state index contributed by atoms with van der Waals surface area (Å²) in [4.78, 5) is 16.4. The number of benzene rings is 2. The van der Waals surface area contributed by atoms with Crippen molar-refractivity contribution >= 4 is 17.3 Å². The quantitative estimate of drug-likeness (QED) is 0.815. The highest BCUT2D eigenvalue weighted by atomic mass is 16.2. The van der Waals surface area contributed by atoms with Crippen molar-refractivity contribution in [2.24, 2.45) is 0 Å². The van der Waals surface area contributed by atoms with Crippen molar-refractivity contribution in [1.82, 2.24) is 0 Å². The Labute approximate surface area is 143 Å². The molecular formula is C20H23N3O. The third-order valence-electron chi connectivity index (χ3n) is 4.12. The number of carbonyl (C=O) groups excluding carboxylic acids is 1. The zero-order valence-electron chi connectivity index (χ0n) is 14.5. The highest BCUT2D eigenvalue weighted by molar-refractivity contribution is 5.96. The number of amides is 1. The number of aryl methyl sites for hydroxylation is 2. The third-order valence-corrected chi connectivity index (χ3v) is 4.12. The molecule has 0 aliphatic carbocycles. The van der Waals surface area contributed by atoms with Crippen LogP contribution in [0.2, 0.25) is 0 Å². The van der Waals surface area contributed by atoms with Gasteiger partial charge >= 0.3 is 0 Å². The third kappa shape index (κ3) is 4.36. The predicted molar refractivity (Wildman–Crippen MR) is 98.2 cm³/mol. The summed E-state index contributed by atoms with van der Waals surface area (Å²) >= 11 is 0. The summed E-state index contributed by atoms with van der Waals surface area (Å²) in [5.41, 5.74) is 4.16. The van der Waals surface area contributed by atoms with Crippen molar-refractivity contribution in [1.29, 1.82) is 5.26 Å². The summed E-state index contributed by atoms with van der Waals surface area (Å²) in [7, 11) is 1.90. The maximum atomic E-state index is 12.8. The number of hydrogen-bond donors (Lipinski definition) is 0. The minimum atomic E-state index is -0.0140. The second-order valence-electron chi connectivity index (χ2n) is 5.91. The van der Waals surface area contributed by atoms with E-state index < -0.39 is 0 Å². The van der Waals surface area contributed by atoms with Crippen LogP contribution in [0.25, 0.3) is 0 Å². The molecule has 0 bridgehead atoms. The monoisotopic (exact) mass is 321 g/mol. The fourth-order valence-electron chi connectivity index (χ4n) is 2.52. The average molecular weight is 321 g/mol. The van der Waals surface area contributed by atoms with Crippen molar-refractivity contribution in [3.05, 3.63) is 59.7 Å². The predicted octanol–water partition coefficient (Wildman–Crippen LogP) is 3.69. The topological polar surface area (TPSA) is 47.3 Å². The van der Waals surface area contributed by atoms with E-state index in [9.17, 15) is 4.79 Å². The fraction of sp³-hybridized carbons (Fsp3) is 0.300. The van der Waals surface area contributed by atoms with Crippen LogP contribution in [0.1, 0.15) is 17.5 Å². The number of carbonyl (C=O) groups is 1. The molecule has 0 spiro atoms. The van der Waals surface area contributed by atoms with Crippen LogP contribution in [0.4, 0.5) is 11.4 Å². The Balaban J connectivity index is 2.19. The standard InChI is InChI=1S/C20H23N3O/c1-16-10-11-19(14-17(16)2)23(13-7-12-21)20(24)15-22(3)18-8-5-4-6-9-18/h4-6,8-11,14H,7,13,15H2,1-3H3. The number of para-hydroxylation sites is 1. The van der Waals surface area contributed by atoms with E-state index in [2.05, 4.69) is 6.07 Å². The lowest BCUT2D eigenvalue weighted by atomic mass is 10.1. The fourth-order valence-corrected chi connectivity index (χ4v) is 2.52. The Kier molecular flexibility index (Phi) is 5.97. The molecular weight excluding hydrogens is 298 g/mol. The number of nitrogens with zero attached hydrogens (tertiary/aromatic N) is 3. The van der Waals surface area contributed by atoms with Gasteiger partial charge in [0.15, 0.2) is 0 Å². The molecule has 0 aliphatic rings. The SMILES string of the molecule is Cc1ccc(N(CCC#N)C(=O)CN(C)c2ccccc2)cc1C. The maximum absolute atomic E-state index is 12.8. The van der Waals surface area contributed by atoms with E-state index in [1.807, 2.05) is 74.3 Å². The van der Waals surface area contributed by atoms with Crippen molar-refractivity contribution in [2.75, 3.05) is 29.9 Å². The summed E-state index contributed by atoms with van der Waals surface area (Å²) in [6.45, 7) is 4.74. The van der Waals surface area contributed by atoms with E-state index in [-0.39, 0.29) is 12.5 Å². The van der Waals surface area contributed by atoms with Crippen LogP contribution < -0.4 is 9.80 Å². The van der Waals surface area contributed by atoms with Crippen LogP contribution in [0, 0.1) is 25.2 Å². The molecule has 0 N–H and O–H groups in total. The summed E-state index contributed by atoms with van der Waals surface area (Å²) < 4.78 is 0. The first-order valence-corrected chi connectivity index (χ1v) is 8.03. The molecule has 0 aromatic heterocycles. The van der Waals surface area contributed by atoms with Crippen LogP contribution in [-0.2, 0) is 4.79 Å². The van der Waals surface area contributed by atoms with Crippen LogP contribution in [0.3, 0.4) is 0 Å². The zero-order chi connectivity index (χ0) is 17.5.